The first-order valence-corrected chi connectivity index (χ1v) is 10.2. The van der Waals surface area contributed by atoms with Crippen LogP contribution in [0.3, 0.4) is 0 Å². The van der Waals surface area contributed by atoms with Gasteiger partial charge >= 0.3 is 12.3 Å². The van der Waals surface area contributed by atoms with Gasteiger partial charge in [0.1, 0.15) is 11.6 Å². The number of hydrogen-bond donors (Lipinski definition) is 0. The van der Waals surface area contributed by atoms with Crippen LogP contribution in [0.1, 0.15) is 43.1 Å². The Bertz CT molecular complexity index is 970. The van der Waals surface area contributed by atoms with Crippen LogP contribution in [0.5, 0.6) is 0 Å². The molecule has 3 rings (SSSR count). The lowest BCUT2D eigenvalue weighted by molar-refractivity contribution is -0.176. The van der Waals surface area contributed by atoms with E-state index in [4.69, 9.17) is 4.74 Å². The Morgan fingerprint density at radius 3 is 2.31 bits per heavy atom. The third-order valence-corrected chi connectivity index (χ3v) is 4.97. The molecule has 0 aliphatic carbocycles. The van der Waals surface area contributed by atoms with Crippen LogP contribution >= 0.6 is 0 Å². The topological polar surface area (TPSA) is 80.6 Å². The van der Waals surface area contributed by atoms with Crippen molar-refractivity contribution in [2.45, 2.75) is 51.9 Å². The molecule has 32 heavy (non-hydrogen) atoms. The van der Waals surface area contributed by atoms with Crippen LogP contribution in [-0.2, 0) is 4.74 Å². The molecule has 1 fully saturated rings. The average molecular weight is 453 g/mol. The van der Waals surface area contributed by atoms with E-state index in [1.54, 1.807) is 39.8 Å². The molecule has 11 heteroatoms. The van der Waals surface area contributed by atoms with Gasteiger partial charge in [0, 0.05) is 19.6 Å². The summed E-state index contributed by atoms with van der Waals surface area (Å²) in [6.45, 7) is 6.24. The largest absolute Gasteiger partial charge is 0.444 e. The molecule has 0 spiro atoms. The van der Waals surface area contributed by atoms with Gasteiger partial charge in [-0.1, -0.05) is 11.6 Å². The maximum Gasteiger partial charge on any atom is 0.410 e. The summed E-state index contributed by atoms with van der Waals surface area (Å²) in [5, 5.41) is 8.01. The number of rotatable bonds is 2. The summed E-state index contributed by atoms with van der Waals surface area (Å²) >= 11 is 0. The van der Waals surface area contributed by atoms with Crippen LogP contribution in [0.4, 0.5) is 18.0 Å². The van der Waals surface area contributed by atoms with E-state index in [-0.39, 0.29) is 30.9 Å². The van der Waals surface area contributed by atoms with Crippen molar-refractivity contribution in [1.82, 2.24) is 24.8 Å². The van der Waals surface area contributed by atoms with E-state index < -0.39 is 36.2 Å². The van der Waals surface area contributed by atoms with Gasteiger partial charge in [0.25, 0.3) is 5.91 Å². The molecule has 2 amide bonds. The van der Waals surface area contributed by atoms with Gasteiger partial charge in [-0.2, -0.15) is 28.2 Å². The number of nitrogens with zero attached hydrogens (tertiary/aromatic N) is 5. The average Bonchev–Trinajstić information content (AvgIpc) is 3.10. The van der Waals surface area contributed by atoms with Crippen LogP contribution in [-0.4, -0.2) is 74.2 Å². The third-order valence-electron chi connectivity index (χ3n) is 4.97. The number of carbonyl (C=O) groups excluding carboxylic acids is 2. The molecule has 1 saturated heterocycles. The van der Waals surface area contributed by atoms with Crippen LogP contribution in [0.2, 0.25) is 0 Å². The molecule has 174 valence electrons. The quantitative estimate of drug-likeness (QED) is 0.694. The van der Waals surface area contributed by atoms with Gasteiger partial charge in [0.05, 0.1) is 23.6 Å². The summed E-state index contributed by atoms with van der Waals surface area (Å²) in [6, 6.07) is 2.80. The van der Waals surface area contributed by atoms with E-state index in [2.05, 4.69) is 10.2 Å². The molecule has 1 aromatic carbocycles. The molecule has 1 aliphatic heterocycles. The van der Waals surface area contributed by atoms with E-state index in [1.807, 2.05) is 0 Å². The number of amides is 2. The van der Waals surface area contributed by atoms with Crippen LogP contribution in [0.25, 0.3) is 5.69 Å². The molecule has 2 aromatic rings. The fourth-order valence-corrected chi connectivity index (χ4v) is 3.51. The molecule has 1 unspecified atom stereocenters. The number of hydrogen-bond acceptors (Lipinski definition) is 5. The lowest BCUT2D eigenvalue weighted by atomic mass is 10.1. The minimum atomic E-state index is -4.66. The number of ether oxygens (including phenoxy) is 1. The van der Waals surface area contributed by atoms with Gasteiger partial charge < -0.3 is 14.5 Å². The van der Waals surface area contributed by atoms with Crippen molar-refractivity contribution in [2.75, 3.05) is 19.6 Å². The van der Waals surface area contributed by atoms with Crippen LogP contribution < -0.4 is 0 Å². The van der Waals surface area contributed by atoms with Crippen molar-refractivity contribution in [3.63, 3.8) is 0 Å². The minimum Gasteiger partial charge on any atom is -0.444 e. The van der Waals surface area contributed by atoms with Crippen LogP contribution in [0, 0.1) is 6.92 Å². The van der Waals surface area contributed by atoms with E-state index in [0.717, 1.165) is 4.90 Å². The monoisotopic (exact) mass is 453 g/mol. The van der Waals surface area contributed by atoms with Crippen molar-refractivity contribution in [3.8, 4) is 5.69 Å². The summed E-state index contributed by atoms with van der Waals surface area (Å²) in [5.74, 6) is -0.797. The van der Waals surface area contributed by atoms with Gasteiger partial charge in [-0.3, -0.25) is 4.79 Å². The highest BCUT2D eigenvalue weighted by atomic mass is 19.4. The number of alkyl halides is 3. The standard InChI is InChI=1S/C21H26F3N5O3/c1-14-5-6-16(29-25-8-9-26-29)15(13-14)18(30)28-12-11-27(19(31)32-20(2,3)4)10-7-17(28)21(22,23)24/h5-6,8-9,13,17H,7,10-12H2,1-4H3. The zero-order valence-corrected chi connectivity index (χ0v) is 18.4. The van der Waals surface area contributed by atoms with Gasteiger partial charge in [-0.25, -0.2) is 4.79 Å². The van der Waals surface area contributed by atoms with Crippen molar-refractivity contribution in [1.29, 1.82) is 0 Å². The molecule has 1 aliphatic rings. The second-order valence-corrected chi connectivity index (χ2v) is 8.65. The van der Waals surface area contributed by atoms with Gasteiger partial charge in [0.15, 0.2) is 0 Å². The maximum absolute atomic E-state index is 13.9. The van der Waals surface area contributed by atoms with Crippen molar-refractivity contribution in [2.24, 2.45) is 0 Å². The molecule has 2 heterocycles. The highest BCUT2D eigenvalue weighted by Crippen LogP contribution is 2.31. The Hall–Kier alpha value is -3.11. The zero-order valence-electron chi connectivity index (χ0n) is 18.4. The molecule has 1 atom stereocenters. The lowest BCUT2D eigenvalue weighted by Gasteiger charge is -2.31. The van der Waals surface area contributed by atoms with Crippen molar-refractivity contribution >= 4 is 12.0 Å². The van der Waals surface area contributed by atoms with E-state index >= 15 is 0 Å². The zero-order chi connectivity index (χ0) is 23.7. The molecule has 0 saturated carbocycles. The number of carbonyl (C=O) groups is 2. The Balaban J connectivity index is 1.94. The van der Waals surface area contributed by atoms with E-state index in [1.165, 1.54) is 28.2 Å². The first-order valence-electron chi connectivity index (χ1n) is 10.2. The first kappa shape index (κ1) is 23.6. The molecule has 0 radical (unpaired) electrons. The number of benzene rings is 1. The summed E-state index contributed by atoms with van der Waals surface area (Å²) in [5.41, 5.74) is 0.259. The van der Waals surface area contributed by atoms with Gasteiger partial charge in [-0.15, -0.1) is 0 Å². The summed E-state index contributed by atoms with van der Waals surface area (Å²) in [6.07, 6.45) is -2.98. The molecule has 1 aromatic heterocycles. The predicted molar refractivity (Wildman–Crippen MR) is 109 cm³/mol. The smallest absolute Gasteiger partial charge is 0.410 e. The third kappa shape index (κ3) is 5.38. The fraction of sp³-hybridized carbons (Fsp3) is 0.524. The molecule has 0 bridgehead atoms. The Morgan fingerprint density at radius 1 is 1.06 bits per heavy atom. The summed E-state index contributed by atoms with van der Waals surface area (Å²) in [4.78, 5) is 29.0. The second-order valence-electron chi connectivity index (χ2n) is 8.65. The second kappa shape index (κ2) is 8.79. The lowest BCUT2D eigenvalue weighted by Crippen LogP contribution is -2.49. The number of halogens is 3. The van der Waals surface area contributed by atoms with Crippen molar-refractivity contribution in [3.05, 3.63) is 41.7 Å². The highest BCUT2D eigenvalue weighted by Gasteiger charge is 2.47. The first-order chi connectivity index (χ1) is 14.9. The SMILES string of the molecule is Cc1ccc(-n2nccn2)c(C(=O)N2CCN(C(=O)OC(C)(C)C)CCC2C(F)(F)F)c1. The summed E-state index contributed by atoms with van der Waals surface area (Å²) in [7, 11) is 0. The maximum atomic E-state index is 13.9. The molecule has 8 nitrogen and oxygen atoms in total. The fourth-order valence-electron chi connectivity index (χ4n) is 3.51. The Labute approximate surface area is 183 Å². The highest BCUT2D eigenvalue weighted by molar-refractivity contribution is 5.98. The number of aryl methyl sites for hydroxylation is 1. The molecular weight excluding hydrogens is 427 g/mol. The Kier molecular flexibility index (Phi) is 6.47. The minimum absolute atomic E-state index is 0.0566. The summed E-state index contributed by atoms with van der Waals surface area (Å²) < 4.78 is 47.1. The van der Waals surface area contributed by atoms with Gasteiger partial charge in [-0.05, 0) is 46.2 Å². The molecular formula is C21H26F3N5O3. The van der Waals surface area contributed by atoms with Gasteiger partial charge in [0.2, 0.25) is 0 Å². The normalized spacial score (nSPS) is 17.8. The van der Waals surface area contributed by atoms with E-state index in [9.17, 15) is 22.8 Å². The van der Waals surface area contributed by atoms with Crippen LogP contribution in [0.15, 0.2) is 30.6 Å². The number of aromatic nitrogens is 3. The van der Waals surface area contributed by atoms with E-state index in [0.29, 0.717) is 5.56 Å². The van der Waals surface area contributed by atoms with Crippen molar-refractivity contribution < 1.29 is 27.5 Å². The predicted octanol–water partition coefficient (Wildman–Crippen LogP) is 3.59. The molecule has 0 N–H and O–H groups in total. The Morgan fingerprint density at radius 2 is 1.72 bits per heavy atom.